The molecular weight excluding hydrogens is 335 g/mol. The lowest BCUT2D eigenvalue weighted by Gasteiger charge is -2.19. The third-order valence-corrected chi connectivity index (χ3v) is 4.25. The summed E-state index contributed by atoms with van der Waals surface area (Å²) >= 11 is 0. The predicted molar refractivity (Wildman–Crippen MR) is 87.7 cm³/mol. The van der Waals surface area contributed by atoms with Crippen LogP contribution >= 0.6 is 0 Å². The van der Waals surface area contributed by atoms with Crippen LogP contribution in [0, 0.1) is 5.92 Å². The first-order valence-electron chi connectivity index (χ1n) is 8.07. The third-order valence-electron chi connectivity index (χ3n) is 4.25. The standard InChI is InChI=1S/C16H20F3N5O/c1-3-12(11-6-7-20-9-11)21-15-22-14-13(5-4-8-24(14)23-15)25-10(2)16(17,18)19/h3-5,8,10-12,20H,1,6-7,9H2,2H3,(H,21,23)/t10?,11?,12-/m1/s1. The molecule has 2 aromatic heterocycles. The molecule has 3 atom stereocenters. The minimum absolute atomic E-state index is 0.0223. The van der Waals surface area contributed by atoms with E-state index in [1.165, 1.54) is 10.6 Å². The summed E-state index contributed by atoms with van der Waals surface area (Å²) < 4.78 is 44.6. The Kier molecular flexibility index (Phi) is 4.85. The molecule has 2 N–H and O–H groups in total. The van der Waals surface area contributed by atoms with Gasteiger partial charge in [-0.2, -0.15) is 18.2 Å². The van der Waals surface area contributed by atoms with Crippen LogP contribution in [0.3, 0.4) is 0 Å². The summed E-state index contributed by atoms with van der Waals surface area (Å²) in [6, 6.07) is 2.99. The molecule has 2 aromatic rings. The highest BCUT2D eigenvalue weighted by Crippen LogP contribution is 2.27. The molecular formula is C16H20F3N5O. The molecule has 1 aliphatic heterocycles. The Hall–Kier alpha value is -2.29. The molecule has 1 fully saturated rings. The minimum Gasteiger partial charge on any atom is -0.477 e. The normalized spacial score (nSPS) is 20.4. The van der Waals surface area contributed by atoms with Crippen molar-refractivity contribution in [3.63, 3.8) is 0 Å². The van der Waals surface area contributed by atoms with Crippen LogP contribution in [0.1, 0.15) is 13.3 Å². The number of anilines is 1. The molecule has 0 amide bonds. The molecule has 0 radical (unpaired) electrons. The Labute approximate surface area is 143 Å². The molecule has 6 nitrogen and oxygen atoms in total. The first-order valence-corrected chi connectivity index (χ1v) is 8.07. The number of nitrogens with one attached hydrogen (secondary N) is 2. The summed E-state index contributed by atoms with van der Waals surface area (Å²) in [6.45, 7) is 6.61. The molecule has 1 saturated heterocycles. The van der Waals surface area contributed by atoms with Crippen molar-refractivity contribution in [2.45, 2.75) is 31.7 Å². The first kappa shape index (κ1) is 17.5. The zero-order chi connectivity index (χ0) is 18.0. The first-order chi connectivity index (χ1) is 11.9. The molecule has 3 rings (SSSR count). The average Bonchev–Trinajstić information content (AvgIpc) is 3.21. The highest BCUT2D eigenvalue weighted by atomic mass is 19.4. The number of fused-ring (bicyclic) bond motifs is 1. The largest absolute Gasteiger partial charge is 0.477 e. The van der Waals surface area contributed by atoms with Crippen LogP contribution in [0.15, 0.2) is 31.0 Å². The Morgan fingerprint density at radius 1 is 1.52 bits per heavy atom. The van der Waals surface area contributed by atoms with Crippen molar-refractivity contribution < 1.29 is 17.9 Å². The highest BCUT2D eigenvalue weighted by molar-refractivity contribution is 5.56. The van der Waals surface area contributed by atoms with Gasteiger partial charge in [0, 0.05) is 12.7 Å². The van der Waals surface area contributed by atoms with E-state index in [1.807, 2.05) is 0 Å². The van der Waals surface area contributed by atoms with Gasteiger partial charge < -0.3 is 15.4 Å². The molecule has 0 bridgehead atoms. The topological polar surface area (TPSA) is 63.5 Å². The van der Waals surface area contributed by atoms with Crippen molar-refractivity contribution >= 4 is 11.6 Å². The lowest BCUT2D eigenvalue weighted by Crippen LogP contribution is -2.31. The third kappa shape index (κ3) is 3.87. The van der Waals surface area contributed by atoms with Crippen LogP contribution in [0.2, 0.25) is 0 Å². The number of rotatable bonds is 6. The van der Waals surface area contributed by atoms with Crippen molar-refractivity contribution in [1.29, 1.82) is 0 Å². The minimum atomic E-state index is -4.45. The number of pyridine rings is 1. The van der Waals surface area contributed by atoms with Crippen molar-refractivity contribution in [3.8, 4) is 5.75 Å². The summed E-state index contributed by atoms with van der Waals surface area (Å²) in [5.41, 5.74) is 0.230. The zero-order valence-electron chi connectivity index (χ0n) is 13.8. The molecule has 0 aromatic carbocycles. The predicted octanol–water partition coefficient (Wildman–Crippen LogP) is 2.63. The summed E-state index contributed by atoms with van der Waals surface area (Å²) in [5, 5.41) is 10.7. The monoisotopic (exact) mass is 355 g/mol. The van der Waals surface area contributed by atoms with Gasteiger partial charge in [0.15, 0.2) is 17.5 Å². The Balaban J connectivity index is 1.82. The van der Waals surface area contributed by atoms with E-state index in [1.54, 1.807) is 18.3 Å². The SMILES string of the molecule is C=C[C@@H](Nc1nc2c(OC(C)C(F)(F)F)cccn2n1)C1CCNC1. The fourth-order valence-corrected chi connectivity index (χ4v) is 2.79. The van der Waals surface area contributed by atoms with Crippen molar-refractivity contribution in [3.05, 3.63) is 31.0 Å². The lowest BCUT2D eigenvalue weighted by molar-refractivity contribution is -0.189. The van der Waals surface area contributed by atoms with Gasteiger partial charge in [0.2, 0.25) is 5.95 Å². The molecule has 9 heteroatoms. The summed E-state index contributed by atoms with van der Waals surface area (Å²) in [5.74, 6) is 0.725. The molecule has 1 aliphatic rings. The van der Waals surface area contributed by atoms with E-state index in [4.69, 9.17) is 4.74 Å². The number of nitrogens with zero attached hydrogens (tertiary/aromatic N) is 3. The number of hydrogen-bond donors (Lipinski definition) is 2. The maximum absolute atomic E-state index is 12.7. The van der Waals surface area contributed by atoms with Crippen LogP contribution in [-0.2, 0) is 0 Å². The van der Waals surface area contributed by atoms with Crippen molar-refractivity contribution in [2.24, 2.45) is 5.92 Å². The number of halogens is 3. The molecule has 3 heterocycles. The lowest BCUT2D eigenvalue weighted by atomic mass is 9.99. The van der Waals surface area contributed by atoms with Gasteiger partial charge >= 0.3 is 6.18 Å². The highest BCUT2D eigenvalue weighted by Gasteiger charge is 2.38. The quantitative estimate of drug-likeness (QED) is 0.780. The number of ether oxygens (including phenoxy) is 1. The van der Waals surface area contributed by atoms with Crippen LogP contribution in [0.5, 0.6) is 5.75 Å². The van der Waals surface area contributed by atoms with E-state index < -0.39 is 12.3 Å². The molecule has 2 unspecified atom stereocenters. The van der Waals surface area contributed by atoms with Gasteiger partial charge in [0.05, 0.1) is 6.04 Å². The van der Waals surface area contributed by atoms with Crippen molar-refractivity contribution in [1.82, 2.24) is 19.9 Å². The van der Waals surface area contributed by atoms with Crippen LogP contribution in [0.4, 0.5) is 19.1 Å². The maximum atomic E-state index is 12.7. The van der Waals surface area contributed by atoms with Crippen molar-refractivity contribution in [2.75, 3.05) is 18.4 Å². The van der Waals surface area contributed by atoms with E-state index in [-0.39, 0.29) is 17.4 Å². The van der Waals surface area contributed by atoms with Crippen LogP contribution in [-0.4, -0.2) is 46.0 Å². The second-order valence-electron chi connectivity index (χ2n) is 6.04. The average molecular weight is 355 g/mol. The molecule has 0 spiro atoms. The number of aromatic nitrogens is 3. The van der Waals surface area contributed by atoms with Gasteiger partial charge in [-0.15, -0.1) is 11.7 Å². The van der Waals surface area contributed by atoms with E-state index in [0.29, 0.717) is 11.9 Å². The van der Waals surface area contributed by atoms with Gasteiger partial charge in [-0.1, -0.05) is 6.08 Å². The summed E-state index contributed by atoms with van der Waals surface area (Å²) in [4.78, 5) is 4.29. The Morgan fingerprint density at radius 2 is 2.32 bits per heavy atom. The summed E-state index contributed by atoms with van der Waals surface area (Å²) in [7, 11) is 0. The second kappa shape index (κ2) is 6.91. The van der Waals surface area contributed by atoms with Crippen LogP contribution < -0.4 is 15.4 Å². The van der Waals surface area contributed by atoms with Gasteiger partial charge in [0.1, 0.15) is 0 Å². The molecule has 0 aliphatic carbocycles. The van der Waals surface area contributed by atoms with Gasteiger partial charge in [-0.05, 0) is 37.9 Å². The Bertz CT molecular complexity index is 739. The maximum Gasteiger partial charge on any atom is 0.425 e. The smallest absolute Gasteiger partial charge is 0.425 e. The zero-order valence-corrected chi connectivity index (χ0v) is 13.8. The number of hydrogen-bond acceptors (Lipinski definition) is 5. The van der Waals surface area contributed by atoms with Gasteiger partial charge in [-0.3, -0.25) is 0 Å². The molecule has 0 saturated carbocycles. The summed E-state index contributed by atoms with van der Waals surface area (Å²) in [6.07, 6.45) is -1.96. The van der Waals surface area contributed by atoms with Crippen LogP contribution in [0.25, 0.3) is 5.65 Å². The second-order valence-corrected chi connectivity index (χ2v) is 6.04. The molecule has 136 valence electrons. The van der Waals surface area contributed by atoms with Gasteiger partial charge in [-0.25, -0.2) is 4.52 Å². The van der Waals surface area contributed by atoms with E-state index >= 15 is 0 Å². The number of alkyl halides is 3. The van der Waals surface area contributed by atoms with E-state index in [9.17, 15) is 13.2 Å². The Morgan fingerprint density at radius 3 is 2.96 bits per heavy atom. The fourth-order valence-electron chi connectivity index (χ4n) is 2.79. The van der Waals surface area contributed by atoms with Gasteiger partial charge in [0.25, 0.3) is 0 Å². The molecule has 25 heavy (non-hydrogen) atoms. The van der Waals surface area contributed by atoms with E-state index in [0.717, 1.165) is 26.4 Å². The fraction of sp³-hybridized carbons (Fsp3) is 0.500. The van der Waals surface area contributed by atoms with E-state index in [2.05, 4.69) is 27.3 Å².